The molecule has 0 radical (unpaired) electrons. The zero-order valence-electron chi connectivity index (χ0n) is 11.0. The highest BCUT2D eigenvalue weighted by atomic mass is 19.4. The van der Waals surface area contributed by atoms with Crippen LogP contribution in [0.15, 0.2) is 30.6 Å². The summed E-state index contributed by atoms with van der Waals surface area (Å²) < 4.78 is 38.1. The quantitative estimate of drug-likeness (QED) is 0.593. The molecule has 2 aromatic rings. The van der Waals surface area contributed by atoms with E-state index in [0.717, 1.165) is 5.56 Å². The average Bonchev–Trinajstić information content (AvgIpc) is 2.46. The Labute approximate surface area is 118 Å². The molecule has 112 valence electrons. The van der Waals surface area contributed by atoms with Crippen molar-refractivity contribution in [2.45, 2.75) is 19.1 Å². The Kier molecular flexibility index (Phi) is 4.22. The van der Waals surface area contributed by atoms with Crippen molar-refractivity contribution in [2.75, 3.05) is 10.7 Å². The highest BCUT2D eigenvalue weighted by molar-refractivity contribution is 5.48. The first-order valence-electron chi connectivity index (χ1n) is 5.99. The van der Waals surface area contributed by atoms with Gasteiger partial charge in [-0.25, -0.2) is 15.8 Å². The molecule has 0 fully saturated rings. The van der Waals surface area contributed by atoms with Crippen LogP contribution in [-0.4, -0.2) is 15.0 Å². The summed E-state index contributed by atoms with van der Waals surface area (Å²) in [6.07, 6.45) is -1.45. The Morgan fingerprint density at radius 3 is 2.33 bits per heavy atom. The lowest BCUT2D eigenvalue weighted by atomic mass is 10.1. The molecule has 0 aliphatic heterocycles. The summed E-state index contributed by atoms with van der Waals surface area (Å²) in [6.45, 7) is 1.79. The lowest BCUT2D eigenvalue weighted by Crippen LogP contribution is -2.18. The summed E-state index contributed by atoms with van der Waals surface area (Å²) >= 11 is 0. The third-order valence-electron chi connectivity index (χ3n) is 2.70. The van der Waals surface area contributed by atoms with Crippen molar-refractivity contribution in [1.29, 1.82) is 0 Å². The van der Waals surface area contributed by atoms with Crippen molar-refractivity contribution in [3.05, 3.63) is 42.0 Å². The highest BCUT2D eigenvalue weighted by Crippen LogP contribution is 2.29. The Bertz CT molecular complexity index is 602. The van der Waals surface area contributed by atoms with Crippen molar-refractivity contribution >= 4 is 11.6 Å². The van der Waals surface area contributed by atoms with Crippen molar-refractivity contribution in [1.82, 2.24) is 15.0 Å². The zero-order chi connectivity index (χ0) is 15.5. The second-order valence-electron chi connectivity index (χ2n) is 4.25. The number of pyridine rings is 1. The molecular weight excluding hydrogens is 285 g/mol. The second kappa shape index (κ2) is 5.92. The fraction of sp³-hybridized carbons (Fsp3) is 0.250. The van der Waals surface area contributed by atoms with E-state index in [1.165, 1.54) is 6.07 Å². The Morgan fingerprint density at radius 1 is 1.14 bits per heavy atom. The van der Waals surface area contributed by atoms with Crippen molar-refractivity contribution in [3.63, 3.8) is 0 Å². The molecule has 6 nitrogen and oxygen atoms in total. The predicted octanol–water partition coefficient (Wildman–Crippen LogP) is 2.35. The van der Waals surface area contributed by atoms with Crippen LogP contribution in [0.2, 0.25) is 0 Å². The van der Waals surface area contributed by atoms with Crippen LogP contribution in [0.5, 0.6) is 0 Å². The lowest BCUT2D eigenvalue weighted by molar-refractivity contribution is -0.144. The number of alkyl halides is 3. The van der Waals surface area contributed by atoms with Crippen LogP contribution in [0.3, 0.4) is 0 Å². The average molecular weight is 298 g/mol. The van der Waals surface area contributed by atoms with Crippen LogP contribution in [0.1, 0.15) is 24.4 Å². The minimum atomic E-state index is -4.65. The van der Waals surface area contributed by atoms with E-state index in [1.54, 1.807) is 31.5 Å². The Morgan fingerprint density at radius 2 is 1.76 bits per heavy atom. The summed E-state index contributed by atoms with van der Waals surface area (Å²) in [4.78, 5) is 10.6. The van der Waals surface area contributed by atoms with Gasteiger partial charge in [-0.1, -0.05) is 0 Å². The first-order valence-corrected chi connectivity index (χ1v) is 5.99. The minimum absolute atomic E-state index is 0.0228. The molecule has 0 bridgehead atoms. The molecule has 21 heavy (non-hydrogen) atoms. The molecule has 1 atom stereocenters. The van der Waals surface area contributed by atoms with Gasteiger partial charge >= 0.3 is 6.18 Å². The van der Waals surface area contributed by atoms with Crippen LogP contribution < -0.4 is 16.6 Å². The molecule has 2 heterocycles. The first kappa shape index (κ1) is 15.0. The van der Waals surface area contributed by atoms with Crippen LogP contribution in [-0.2, 0) is 6.18 Å². The number of hydrazine groups is 1. The smallest absolute Gasteiger partial charge is 0.363 e. The maximum Gasteiger partial charge on any atom is 0.451 e. The van der Waals surface area contributed by atoms with Gasteiger partial charge < -0.3 is 10.7 Å². The highest BCUT2D eigenvalue weighted by Gasteiger charge is 2.35. The number of rotatable bonds is 4. The first-order chi connectivity index (χ1) is 9.90. The Hall–Kier alpha value is -2.42. The van der Waals surface area contributed by atoms with E-state index < -0.39 is 12.0 Å². The van der Waals surface area contributed by atoms with Gasteiger partial charge in [-0.2, -0.15) is 13.2 Å². The fourth-order valence-electron chi connectivity index (χ4n) is 1.68. The van der Waals surface area contributed by atoms with Gasteiger partial charge in [0, 0.05) is 18.5 Å². The summed E-state index contributed by atoms with van der Waals surface area (Å²) in [5.74, 6) is 3.77. The van der Waals surface area contributed by atoms with Gasteiger partial charge in [0.1, 0.15) is 11.6 Å². The molecule has 0 aliphatic rings. The van der Waals surface area contributed by atoms with E-state index in [1.807, 2.05) is 0 Å². The fourth-order valence-corrected chi connectivity index (χ4v) is 1.68. The van der Waals surface area contributed by atoms with Gasteiger partial charge in [0.2, 0.25) is 5.82 Å². The SMILES string of the molecule is CC(Nc1cc(NN)nc(C(F)(F)F)n1)c1ccncc1. The third kappa shape index (κ3) is 3.78. The molecule has 9 heteroatoms. The summed E-state index contributed by atoms with van der Waals surface area (Å²) in [6, 6.07) is 4.55. The molecule has 0 spiro atoms. The summed E-state index contributed by atoms with van der Waals surface area (Å²) in [5.41, 5.74) is 2.95. The maximum absolute atomic E-state index is 12.7. The zero-order valence-corrected chi connectivity index (χ0v) is 11.0. The number of hydrogen-bond acceptors (Lipinski definition) is 6. The normalized spacial score (nSPS) is 12.8. The summed E-state index contributed by atoms with van der Waals surface area (Å²) in [7, 11) is 0. The minimum Gasteiger partial charge on any atom is -0.363 e. The number of hydrogen-bond donors (Lipinski definition) is 3. The van der Waals surface area contributed by atoms with Gasteiger partial charge in [0.05, 0.1) is 6.04 Å². The molecule has 4 N–H and O–H groups in total. The summed E-state index contributed by atoms with van der Waals surface area (Å²) in [5, 5.41) is 2.87. The molecule has 1 unspecified atom stereocenters. The number of nitrogen functional groups attached to an aromatic ring is 1. The number of halogens is 3. The second-order valence-corrected chi connectivity index (χ2v) is 4.25. The number of nitrogens with two attached hydrogens (primary N) is 1. The molecule has 0 amide bonds. The number of aromatic nitrogens is 3. The van der Waals surface area contributed by atoms with E-state index in [9.17, 15) is 13.2 Å². The largest absolute Gasteiger partial charge is 0.451 e. The van der Waals surface area contributed by atoms with Crippen LogP contribution in [0.4, 0.5) is 24.8 Å². The molecule has 2 rings (SSSR count). The van der Waals surface area contributed by atoms with E-state index >= 15 is 0 Å². The van der Waals surface area contributed by atoms with Gasteiger partial charge in [-0.15, -0.1) is 0 Å². The standard InChI is InChI=1S/C12H13F3N6/c1-7(8-2-4-17-5-3-8)18-9-6-10(21-16)20-11(19-9)12(13,14)15/h2-7H,16H2,1H3,(H2,18,19,20,21). The molecule has 0 aromatic carbocycles. The van der Waals surface area contributed by atoms with E-state index in [-0.39, 0.29) is 17.7 Å². The molecule has 2 aromatic heterocycles. The number of anilines is 2. The van der Waals surface area contributed by atoms with E-state index in [0.29, 0.717) is 0 Å². The maximum atomic E-state index is 12.7. The van der Waals surface area contributed by atoms with E-state index in [2.05, 4.69) is 25.7 Å². The Balaban J connectivity index is 2.27. The predicted molar refractivity (Wildman–Crippen MR) is 71.1 cm³/mol. The van der Waals surface area contributed by atoms with Gasteiger partial charge in [0.25, 0.3) is 0 Å². The topological polar surface area (TPSA) is 88.8 Å². The third-order valence-corrected chi connectivity index (χ3v) is 2.70. The number of nitrogens with one attached hydrogen (secondary N) is 2. The molecule has 0 saturated carbocycles. The lowest BCUT2D eigenvalue weighted by Gasteiger charge is -2.16. The monoisotopic (exact) mass is 298 g/mol. The van der Waals surface area contributed by atoms with Gasteiger partial charge in [-0.05, 0) is 24.6 Å². The van der Waals surface area contributed by atoms with Crippen molar-refractivity contribution < 1.29 is 13.2 Å². The van der Waals surface area contributed by atoms with Crippen molar-refractivity contribution in [3.8, 4) is 0 Å². The van der Waals surface area contributed by atoms with Crippen LogP contribution in [0, 0.1) is 0 Å². The molecule has 0 aliphatic carbocycles. The van der Waals surface area contributed by atoms with Gasteiger partial charge in [-0.3, -0.25) is 4.98 Å². The van der Waals surface area contributed by atoms with Crippen LogP contribution >= 0.6 is 0 Å². The van der Waals surface area contributed by atoms with E-state index in [4.69, 9.17) is 5.84 Å². The number of nitrogens with zero attached hydrogens (tertiary/aromatic N) is 3. The van der Waals surface area contributed by atoms with Gasteiger partial charge in [0.15, 0.2) is 0 Å². The van der Waals surface area contributed by atoms with Crippen LogP contribution in [0.25, 0.3) is 0 Å². The molecular formula is C12H13F3N6. The van der Waals surface area contributed by atoms with Crippen molar-refractivity contribution in [2.24, 2.45) is 5.84 Å². The molecule has 0 saturated heterocycles.